The average molecular weight is 156 g/mol. The van der Waals surface area contributed by atoms with Gasteiger partial charge in [0.05, 0.1) is 0 Å². The fourth-order valence-electron chi connectivity index (χ4n) is 1.77. The van der Waals surface area contributed by atoms with Gasteiger partial charge in [-0.2, -0.15) is 0 Å². The summed E-state index contributed by atoms with van der Waals surface area (Å²) in [5.74, 6) is 0.769. The van der Waals surface area contributed by atoms with Crippen LogP contribution in [0, 0.1) is 5.92 Å². The van der Waals surface area contributed by atoms with E-state index in [-0.39, 0.29) is 0 Å². The first-order chi connectivity index (χ1) is 5.22. The second kappa shape index (κ2) is 4.07. The van der Waals surface area contributed by atoms with Crippen LogP contribution in [0.4, 0.5) is 0 Å². The maximum Gasteiger partial charge on any atom is 0.0240 e. The Bertz CT molecular complexity index is 112. The fourth-order valence-corrected chi connectivity index (χ4v) is 1.77. The number of hydrogen-bond acceptors (Lipinski definition) is 2. The van der Waals surface area contributed by atoms with E-state index in [4.69, 9.17) is 0 Å². The Hall–Kier alpha value is -0.0800. The van der Waals surface area contributed by atoms with Crippen LogP contribution in [0.2, 0.25) is 0 Å². The third kappa shape index (κ3) is 2.46. The molecule has 1 aliphatic rings. The van der Waals surface area contributed by atoms with Gasteiger partial charge in [-0.15, -0.1) is 0 Å². The molecule has 1 aliphatic heterocycles. The third-order valence-corrected chi connectivity index (χ3v) is 2.55. The van der Waals surface area contributed by atoms with Crippen molar-refractivity contribution in [2.45, 2.75) is 26.3 Å². The molecule has 1 rings (SSSR count). The van der Waals surface area contributed by atoms with Crippen LogP contribution in [0.3, 0.4) is 0 Å². The minimum Gasteiger partial charge on any atom is -0.315 e. The molecular weight excluding hydrogens is 136 g/mol. The van der Waals surface area contributed by atoms with E-state index in [0.717, 1.165) is 18.5 Å². The van der Waals surface area contributed by atoms with Crippen molar-refractivity contribution in [3.8, 4) is 0 Å². The molecule has 0 amide bonds. The van der Waals surface area contributed by atoms with Crippen molar-refractivity contribution in [3.63, 3.8) is 0 Å². The Morgan fingerprint density at radius 3 is 2.82 bits per heavy atom. The van der Waals surface area contributed by atoms with E-state index in [2.05, 4.69) is 31.1 Å². The molecule has 0 aliphatic carbocycles. The molecule has 0 aromatic heterocycles. The van der Waals surface area contributed by atoms with E-state index >= 15 is 0 Å². The number of likely N-dealkylation sites (N-methyl/N-ethyl adjacent to an activating group) is 1. The van der Waals surface area contributed by atoms with E-state index in [0.29, 0.717) is 0 Å². The van der Waals surface area contributed by atoms with E-state index < -0.39 is 0 Å². The predicted molar refractivity (Wildman–Crippen MR) is 48.7 cm³/mol. The molecule has 11 heavy (non-hydrogen) atoms. The Balaban J connectivity index is 2.45. The second-order valence-electron chi connectivity index (χ2n) is 3.85. The maximum absolute atomic E-state index is 3.47. The Morgan fingerprint density at radius 1 is 1.45 bits per heavy atom. The minimum absolute atomic E-state index is 0.734. The zero-order valence-corrected chi connectivity index (χ0v) is 7.93. The van der Waals surface area contributed by atoms with E-state index in [1.807, 2.05) is 0 Å². The molecule has 0 radical (unpaired) electrons. The first-order valence-electron chi connectivity index (χ1n) is 4.63. The van der Waals surface area contributed by atoms with Gasteiger partial charge < -0.3 is 10.2 Å². The molecule has 1 N–H and O–H groups in total. The van der Waals surface area contributed by atoms with Crippen LogP contribution < -0.4 is 5.32 Å². The molecule has 2 heteroatoms. The van der Waals surface area contributed by atoms with E-state index in [1.54, 1.807) is 0 Å². The molecular formula is C9H20N2. The first-order valence-corrected chi connectivity index (χ1v) is 4.63. The van der Waals surface area contributed by atoms with Gasteiger partial charge in [-0.1, -0.05) is 13.8 Å². The van der Waals surface area contributed by atoms with Crippen LogP contribution >= 0.6 is 0 Å². The summed E-state index contributed by atoms with van der Waals surface area (Å²) in [7, 11) is 2.23. The van der Waals surface area contributed by atoms with Gasteiger partial charge >= 0.3 is 0 Å². The van der Waals surface area contributed by atoms with Crippen LogP contribution in [0.25, 0.3) is 0 Å². The molecule has 0 unspecified atom stereocenters. The SMILES string of the molecule is CC(C)[C@@H]1CNCCCN1C. The topological polar surface area (TPSA) is 15.3 Å². The molecule has 1 heterocycles. The van der Waals surface area contributed by atoms with Crippen molar-refractivity contribution < 1.29 is 0 Å². The van der Waals surface area contributed by atoms with Crippen LogP contribution in [0.15, 0.2) is 0 Å². The molecule has 66 valence electrons. The lowest BCUT2D eigenvalue weighted by Crippen LogP contribution is -2.40. The monoisotopic (exact) mass is 156 g/mol. The highest BCUT2D eigenvalue weighted by atomic mass is 15.2. The Labute approximate surface area is 70.0 Å². The summed E-state index contributed by atoms with van der Waals surface area (Å²) in [4.78, 5) is 2.48. The first kappa shape index (κ1) is 9.01. The Morgan fingerprint density at radius 2 is 2.18 bits per heavy atom. The van der Waals surface area contributed by atoms with E-state index in [1.165, 1.54) is 19.5 Å². The zero-order valence-electron chi connectivity index (χ0n) is 7.93. The summed E-state index contributed by atoms with van der Waals surface area (Å²) in [5, 5.41) is 3.47. The van der Waals surface area contributed by atoms with Crippen LogP contribution in [0.1, 0.15) is 20.3 Å². The largest absolute Gasteiger partial charge is 0.315 e. The molecule has 0 saturated carbocycles. The van der Waals surface area contributed by atoms with E-state index in [9.17, 15) is 0 Å². The molecule has 0 spiro atoms. The van der Waals surface area contributed by atoms with Gasteiger partial charge in [-0.05, 0) is 32.5 Å². The number of rotatable bonds is 1. The van der Waals surface area contributed by atoms with Crippen molar-refractivity contribution in [1.82, 2.24) is 10.2 Å². The number of nitrogens with zero attached hydrogens (tertiary/aromatic N) is 1. The molecule has 0 aromatic carbocycles. The fraction of sp³-hybridized carbons (Fsp3) is 1.00. The lowest BCUT2D eigenvalue weighted by molar-refractivity contribution is 0.206. The van der Waals surface area contributed by atoms with Crippen LogP contribution in [-0.2, 0) is 0 Å². The lowest BCUT2D eigenvalue weighted by Gasteiger charge is -2.28. The summed E-state index contributed by atoms with van der Waals surface area (Å²) in [6.07, 6.45) is 1.29. The summed E-state index contributed by atoms with van der Waals surface area (Å²) in [6, 6.07) is 0.734. The molecule has 0 aromatic rings. The van der Waals surface area contributed by atoms with Crippen LogP contribution in [0.5, 0.6) is 0 Å². The van der Waals surface area contributed by atoms with Gasteiger partial charge in [0.15, 0.2) is 0 Å². The number of nitrogens with one attached hydrogen (secondary N) is 1. The molecule has 2 nitrogen and oxygen atoms in total. The van der Waals surface area contributed by atoms with Crippen molar-refractivity contribution in [1.29, 1.82) is 0 Å². The Kier molecular flexibility index (Phi) is 3.34. The summed E-state index contributed by atoms with van der Waals surface area (Å²) >= 11 is 0. The van der Waals surface area contributed by atoms with Gasteiger partial charge in [0.1, 0.15) is 0 Å². The quantitative estimate of drug-likeness (QED) is 0.608. The smallest absolute Gasteiger partial charge is 0.0240 e. The molecule has 0 bridgehead atoms. The molecule has 1 saturated heterocycles. The standard InChI is InChI=1S/C9H20N2/c1-8(2)9-7-10-5-4-6-11(9)3/h8-10H,4-7H2,1-3H3/t9-/m0/s1. The predicted octanol–water partition coefficient (Wildman–Crippen LogP) is 0.936. The minimum atomic E-state index is 0.734. The van der Waals surface area contributed by atoms with Gasteiger partial charge in [-0.25, -0.2) is 0 Å². The van der Waals surface area contributed by atoms with Gasteiger partial charge in [0, 0.05) is 12.6 Å². The van der Waals surface area contributed by atoms with Crippen molar-refractivity contribution in [3.05, 3.63) is 0 Å². The number of hydrogen-bond donors (Lipinski definition) is 1. The van der Waals surface area contributed by atoms with Gasteiger partial charge in [0.25, 0.3) is 0 Å². The van der Waals surface area contributed by atoms with Gasteiger partial charge in [0.2, 0.25) is 0 Å². The highest BCUT2D eigenvalue weighted by molar-refractivity contribution is 4.77. The zero-order chi connectivity index (χ0) is 8.27. The summed E-state index contributed by atoms with van der Waals surface area (Å²) in [6.45, 7) is 8.19. The lowest BCUT2D eigenvalue weighted by atomic mass is 10.0. The molecule has 1 fully saturated rings. The second-order valence-corrected chi connectivity index (χ2v) is 3.85. The highest BCUT2D eigenvalue weighted by Gasteiger charge is 2.19. The van der Waals surface area contributed by atoms with Crippen molar-refractivity contribution >= 4 is 0 Å². The summed E-state index contributed by atoms with van der Waals surface area (Å²) < 4.78 is 0. The van der Waals surface area contributed by atoms with Gasteiger partial charge in [-0.3, -0.25) is 0 Å². The third-order valence-electron chi connectivity index (χ3n) is 2.55. The normalized spacial score (nSPS) is 28.9. The molecule has 1 atom stereocenters. The maximum atomic E-state index is 3.47. The highest BCUT2D eigenvalue weighted by Crippen LogP contribution is 2.10. The average Bonchev–Trinajstić information content (AvgIpc) is 2.13. The summed E-state index contributed by atoms with van der Waals surface area (Å²) in [5.41, 5.74) is 0. The van der Waals surface area contributed by atoms with Crippen molar-refractivity contribution in [2.75, 3.05) is 26.7 Å². The van der Waals surface area contributed by atoms with Crippen LogP contribution in [-0.4, -0.2) is 37.6 Å². The van der Waals surface area contributed by atoms with Crippen molar-refractivity contribution in [2.24, 2.45) is 5.92 Å².